The molecule has 1 aliphatic heterocycles. The third kappa shape index (κ3) is 2.50. The second-order valence-corrected chi connectivity index (χ2v) is 6.42. The van der Waals surface area contributed by atoms with Crippen LogP contribution in [-0.2, 0) is 0 Å². The van der Waals surface area contributed by atoms with Crippen molar-refractivity contribution in [2.24, 2.45) is 11.8 Å². The van der Waals surface area contributed by atoms with Gasteiger partial charge in [0.05, 0.1) is 25.0 Å². The molecular weight excluding hydrogens is 294 g/mol. The van der Waals surface area contributed by atoms with Gasteiger partial charge in [0.15, 0.2) is 5.69 Å². The van der Waals surface area contributed by atoms with Crippen molar-refractivity contribution in [1.82, 2.24) is 24.9 Å². The van der Waals surface area contributed by atoms with Crippen molar-refractivity contribution in [3.63, 3.8) is 0 Å². The van der Waals surface area contributed by atoms with E-state index < -0.39 is 0 Å². The van der Waals surface area contributed by atoms with Crippen LogP contribution in [0.3, 0.4) is 0 Å². The number of amides is 1. The SMILES string of the molecule is Cc1ccc(-n2nccn2)c(C(=O)N2C[C@@H]3C[C@@H]3CC2CO)n1. The minimum absolute atomic E-state index is 0.00384. The Hall–Kier alpha value is -2.28. The number of nitrogens with zero attached hydrogens (tertiary/aromatic N) is 5. The standard InChI is InChI=1S/C16H19N5O2/c1-10-2-3-14(21-17-4-5-18-21)15(19-10)16(23)20-8-12-6-11(12)7-13(20)9-22/h2-5,11-13,22H,6-9H2,1H3/t11-,12+,13?/m1/s1. The number of pyridine rings is 1. The third-order valence-corrected chi connectivity index (χ3v) is 4.84. The molecule has 7 heteroatoms. The number of carbonyl (C=O) groups is 1. The number of fused-ring (bicyclic) bond motifs is 1. The van der Waals surface area contributed by atoms with E-state index in [1.807, 2.05) is 19.1 Å². The van der Waals surface area contributed by atoms with Gasteiger partial charge in [-0.05, 0) is 43.7 Å². The number of piperidine rings is 1. The number of rotatable bonds is 3. The van der Waals surface area contributed by atoms with Gasteiger partial charge in [-0.2, -0.15) is 10.2 Å². The summed E-state index contributed by atoms with van der Waals surface area (Å²) in [6, 6.07) is 3.53. The fourth-order valence-electron chi connectivity index (χ4n) is 3.47. The maximum Gasteiger partial charge on any atom is 0.275 e. The summed E-state index contributed by atoms with van der Waals surface area (Å²) in [6.07, 6.45) is 5.18. The Balaban J connectivity index is 1.71. The fourth-order valence-corrected chi connectivity index (χ4v) is 3.47. The maximum absolute atomic E-state index is 13.1. The van der Waals surface area contributed by atoms with Gasteiger partial charge in [-0.1, -0.05) is 0 Å². The molecule has 2 aromatic heterocycles. The molecule has 4 rings (SSSR count). The molecule has 120 valence electrons. The molecule has 1 saturated carbocycles. The van der Waals surface area contributed by atoms with Gasteiger partial charge < -0.3 is 10.0 Å². The Labute approximate surface area is 133 Å². The lowest BCUT2D eigenvalue weighted by atomic mass is 10.0. The number of aliphatic hydroxyl groups excluding tert-OH is 1. The van der Waals surface area contributed by atoms with E-state index in [0.717, 1.165) is 18.5 Å². The Bertz CT molecular complexity index is 730. The summed E-state index contributed by atoms with van der Waals surface area (Å²) in [4.78, 5) is 20.7. The first-order valence-electron chi connectivity index (χ1n) is 7.93. The van der Waals surface area contributed by atoms with Crippen LogP contribution in [0.15, 0.2) is 24.5 Å². The van der Waals surface area contributed by atoms with E-state index in [1.165, 1.54) is 4.80 Å². The van der Waals surface area contributed by atoms with E-state index in [0.29, 0.717) is 29.8 Å². The lowest BCUT2D eigenvalue weighted by Crippen LogP contribution is -2.47. The number of likely N-dealkylation sites (tertiary alicyclic amines) is 1. The largest absolute Gasteiger partial charge is 0.394 e. The van der Waals surface area contributed by atoms with Crippen molar-refractivity contribution < 1.29 is 9.90 Å². The highest BCUT2D eigenvalue weighted by Gasteiger charge is 2.47. The van der Waals surface area contributed by atoms with Gasteiger partial charge in [0.25, 0.3) is 5.91 Å². The van der Waals surface area contributed by atoms with Crippen LogP contribution in [0.2, 0.25) is 0 Å². The summed E-state index contributed by atoms with van der Waals surface area (Å²) in [5.74, 6) is 1.11. The Morgan fingerprint density at radius 3 is 2.78 bits per heavy atom. The molecule has 3 heterocycles. The Kier molecular flexibility index (Phi) is 3.37. The molecular formula is C16H19N5O2. The zero-order valence-electron chi connectivity index (χ0n) is 13.0. The van der Waals surface area contributed by atoms with Crippen LogP contribution in [0.5, 0.6) is 0 Å². The lowest BCUT2D eigenvalue weighted by molar-refractivity contribution is 0.0480. The van der Waals surface area contributed by atoms with E-state index in [4.69, 9.17) is 0 Å². The predicted molar refractivity (Wildman–Crippen MR) is 82.0 cm³/mol. The van der Waals surface area contributed by atoms with Crippen LogP contribution in [0.4, 0.5) is 0 Å². The molecule has 3 atom stereocenters. The van der Waals surface area contributed by atoms with E-state index in [9.17, 15) is 9.90 Å². The maximum atomic E-state index is 13.1. The monoisotopic (exact) mass is 313 g/mol. The molecule has 1 saturated heterocycles. The van der Waals surface area contributed by atoms with Gasteiger partial charge in [-0.3, -0.25) is 4.79 Å². The number of aliphatic hydroxyl groups is 1. The summed E-state index contributed by atoms with van der Waals surface area (Å²) in [5.41, 5.74) is 1.69. The molecule has 2 fully saturated rings. The van der Waals surface area contributed by atoms with E-state index >= 15 is 0 Å². The van der Waals surface area contributed by atoms with Crippen LogP contribution >= 0.6 is 0 Å². The van der Waals surface area contributed by atoms with Crippen molar-refractivity contribution in [2.45, 2.75) is 25.8 Å². The van der Waals surface area contributed by atoms with Gasteiger partial charge in [-0.25, -0.2) is 4.98 Å². The first-order valence-corrected chi connectivity index (χ1v) is 7.93. The van der Waals surface area contributed by atoms with Crippen LogP contribution in [0.25, 0.3) is 5.69 Å². The van der Waals surface area contributed by atoms with Gasteiger partial charge in [0.1, 0.15) is 5.69 Å². The minimum Gasteiger partial charge on any atom is -0.394 e. The lowest BCUT2D eigenvalue weighted by Gasteiger charge is -2.34. The van der Waals surface area contributed by atoms with E-state index in [-0.39, 0.29) is 18.6 Å². The zero-order chi connectivity index (χ0) is 16.0. The average Bonchev–Trinajstić information content (AvgIpc) is 3.12. The topological polar surface area (TPSA) is 84.1 Å². The molecule has 1 N–H and O–H groups in total. The van der Waals surface area contributed by atoms with Gasteiger partial charge in [-0.15, -0.1) is 4.80 Å². The summed E-state index contributed by atoms with van der Waals surface area (Å²) >= 11 is 0. The number of hydrogen-bond donors (Lipinski definition) is 1. The molecule has 1 unspecified atom stereocenters. The molecule has 1 amide bonds. The first kappa shape index (κ1) is 14.3. The molecule has 0 radical (unpaired) electrons. The summed E-state index contributed by atoms with van der Waals surface area (Å²) in [5, 5.41) is 17.9. The molecule has 0 aromatic carbocycles. The van der Waals surface area contributed by atoms with Crippen molar-refractivity contribution in [2.75, 3.05) is 13.2 Å². The molecule has 2 aliphatic rings. The Morgan fingerprint density at radius 2 is 2.04 bits per heavy atom. The fraction of sp³-hybridized carbons (Fsp3) is 0.500. The van der Waals surface area contributed by atoms with Crippen molar-refractivity contribution in [3.8, 4) is 5.69 Å². The van der Waals surface area contributed by atoms with Crippen LogP contribution < -0.4 is 0 Å². The van der Waals surface area contributed by atoms with Gasteiger partial charge >= 0.3 is 0 Å². The van der Waals surface area contributed by atoms with Crippen LogP contribution in [-0.4, -0.2) is 55.1 Å². The van der Waals surface area contributed by atoms with Crippen LogP contribution in [0.1, 0.15) is 29.0 Å². The minimum atomic E-state index is -0.148. The van der Waals surface area contributed by atoms with Crippen LogP contribution in [0, 0.1) is 18.8 Å². The summed E-state index contributed by atoms with van der Waals surface area (Å²) in [7, 11) is 0. The summed E-state index contributed by atoms with van der Waals surface area (Å²) in [6.45, 7) is 2.56. The molecule has 23 heavy (non-hydrogen) atoms. The number of aryl methyl sites for hydroxylation is 1. The van der Waals surface area contributed by atoms with Crippen molar-refractivity contribution in [3.05, 3.63) is 35.9 Å². The number of hydrogen-bond acceptors (Lipinski definition) is 5. The van der Waals surface area contributed by atoms with Crippen molar-refractivity contribution in [1.29, 1.82) is 0 Å². The quantitative estimate of drug-likeness (QED) is 0.906. The molecule has 0 bridgehead atoms. The first-order chi connectivity index (χ1) is 11.2. The second kappa shape index (κ2) is 5.42. The average molecular weight is 313 g/mol. The molecule has 2 aromatic rings. The Morgan fingerprint density at radius 1 is 1.26 bits per heavy atom. The smallest absolute Gasteiger partial charge is 0.275 e. The summed E-state index contributed by atoms with van der Waals surface area (Å²) < 4.78 is 0. The van der Waals surface area contributed by atoms with E-state index in [1.54, 1.807) is 17.3 Å². The third-order valence-electron chi connectivity index (χ3n) is 4.84. The zero-order valence-corrected chi connectivity index (χ0v) is 13.0. The predicted octanol–water partition coefficient (Wildman–Crippen LogP) is 0.814. The van der Waals surface area contributed by atoms with E-state index in [2.05, 4.69) is 15.2 Å². The highest BCUT2D eigenvalue weighted by molar-refractivity contribution is 5.96. The van der Waals surface area contributed by atoms with Crippen molar-refractivity contribution >= 4 is 5.91 Å². The van der Waals surface area contributed by atoms with Gasteiger partial charge in [0, 0.05) is 12.2 Å². The normalized spacial score (nSPS) is 26.0. The molecule has 1 aliphatic carbocycles. The number of aromatic nitrogens is 4. The second-order valence-electron chi connectivity index (χ2n) is 6.42. The highest BCUT2D eigenvalue weighted by Crippen LogP contribution is 2.47. The molecule has 7 nitrogen and oxygen atoms in total. The number of carbonyl (C=O) groups excluding carboxylic acids is 1. The highest BCUT2D eigenvalue weighted by atomic mass is 16.3. The van der Waals surface area contributed by atoms with Gasteiger partial charge in [0.2, 0.25) is 0 Å². The molecule has 0 spiro atoms.